The van der Waals surface area contributed by atoms with Gasteiger partial charge in [-0.15, -0.1) is 6.58 Å². The van der Waals surface area contributed by atoms with Crippen LogP contribution in [0.1, 0.15) is 6.92 Å². The summed E-state index contributed by atoms with van der Waals surface area (Å²) in [4.78, 5) is 9.75. The SMILES string of the molecule is C=CCOCC1CO1.C=COC(C)=O. The lowest BCUT2D eigenvalue weighted by Crippen LogP contribution is -2.00. The van der Waals surface area contributed by atoms with Gasteiger partial charge in [-0.1, -0.05) is 12.7 Å². The number of epoxide rings is 1. The van der Waals surface area contributed by atoms with Gasteiger partial charge in [0.25, 0.3) is 0 Å². The van der Waals surface area contributed by atoms with Gasteiger partial charge >= 0.3 is 5.97 Å². The first-order valence-electron chi connectivity index (χ1n) is 4.29. The van der Waals surface area contributed by atoms with Crippen molar-refractivity contribution in [1.29, 1.82) is 0 Å². The average molecular weight is 200 g/mol. The summed E-state index contributed by atoms with van der Waals surface area (Å²) in [6.45, 7) is 10.2. The standard InChI is InChI=1S/C6H10O2.C4H6O2/c1-2-3-7-4-6-5-8-6;1-3-6-4(2)5/h2,6H,1,3-5H2;3H,1H2,2H3. The van der Waals surface area contributed by atoms with Crippen molar-refractivity contribution in [1.82, 2.24) is 0 Å². The second kappa shape index (κ2) is 8.47. The van der Waals surface area contributed by atoms with Crippen molar-refractivity contribution < 1.29 is 19.0 Å². The molecular formula is C10H16O4. The van der Waals surface area contributed by atoms with Crippen molar-refractivity contribution in [2.24, 2.45) is 0 Å². The van der Waals surface area contributed by atoms with Crippen LogP contribution in [0.3, 0.4) is 0 Å². The Morgan fingerprint density at radius 2 is 2.29 bits per heavy atom. The number of ether oxygens (including phenoxy) is 3. The summed E-state index contributed by atoms with van der Waals surface area (Å²) in [5.41, 5.74) is 0. The van der Waals surface area contributed by atoms with Crippen LogP contribution < -0.4 is 0 Å². The van der Waals surface area contributed by atoms with E-state index in [-0.39, 0.29) is 5.97 Å². The highest BCUT2D eigenvalue weighted by Crippen LogP contribution is 2.07. The quantitative estimate of drug-likeness (QED) is 0.220. The third-order valence-electron chi connectivity index (χ3n) is 1.19. The molecule has 1 aliphatic heterocycles. The molecule has 1 fully saturated rings. The lowest BCUT2D eigenvalue weighted by Gasteiger charge is -1.92. The highest BCUT2D eigenvalue weighted by atomic mass is 16.6. The Labute approximate surface area is 84.1 Å². The molecule has 1 saturated heterocycles. The minimum atomic E-state index is -0.329. The zero-order valence-corrected chi connectivity index (χ0v) is 8.40. The number of hydrogen-bond donors (Lipinski definition) is 0. The van der Waals surface area contributed by atoms with E-state index in [1.807, 2.05) is 0 Å². The molecule has 14 heavy (non-hydrogen) atoms. The summed E-state index contributed by atoms with van der Waals surface area (Å²) in [5, 5.41) is 0. The summed E-state index contributed by atoms with van der Waals surface area (Å²) in [5.74, 6) is -0.329. The lowest BCUT2D eigenvalue weighted by molar-refractivity contribution is -0.135. The van der Waals surface area contributed by atoms with Crippen LogP contribution in [-0.4, -0.2) is 31.9 Å². The van der Waals surface area contributed by atoms with Crippen LogP contribution >= 0.6 is 0 Å². The average Bonchev–Trinajstić information content (AvgIpc) is 2.89. The summed E-state index contributed by atoms with van der Waals surface area (Å²) in [6.07, 6.45) is 3.22. The topological polar surface area (TPSA) is 48.1 Å². The molecule has 1 heterocycles. The smallest absolute Gasteiger partial charge is 0.307 e. The number of carbonyl (C=O) groups excluding carboxylic acids is 1. The van der Waals surface area contributed by atoms with E-state index < -0.39 is 0 Å². The summed E-state index contributed by atoms with van der Waals surface area (Å²) in [6, 6.07) is 0. The first-order chi connectivity index (χ1) is 6.70. The maximum Gasteiger partial charge on any atom is 0.307 e. The van der Waals surface area contributed by atoms with Crippen LogP contribution in [0.2, 0.25) is 0 Å². The molecule has 0 bridgehead atoms. The van der Waals surface area contributed by atoms with E-state index in [2.05, 4.69) is 17.9 Å². The molecule has 0 saturated carbocycles. The van der Waals surface area contributed by atoms with Gasteiger partial charge in [-0.05, 0) is 0 Å². The van der Waals surface area contributed by atoms with E-state index in [9.17, 15) is 4.79 Å². The van der Waals surface area contributed by atoms with Crippen molar-refractivity contribution in [3.05, 3.63) is 25.5 Å². The van der Waals surface area contributed by atoms with Gasteiger partial charge in [-0.25, -0.2) is 0 Å². The Kier molecular flexibility index (Phi) is 7.78. The van der Waals surface area contributed by atoms with Gasteiger partial charge in [0.05, 0.1) is 26.1 Å². The summed E-state index contributed by atoms with van der Waals surface area (Å²) >= 11 is 0. The van der Waals surface area contributed by atoms with E-state index in [0.29, 0.717) is 12.7 Å². The van der Waals surface area contributed by atoms with Crippen LogP contribution in [0.25, 0.3) is 0 Å². The van der Waals surface area contributed by atoms with Gasteiger partial charge in [-0.3, -0.25) is 4.79 Å². The molecule has 80 valence electrons. The Morgan fingerprint density at radius 3 is 2.57 bits per heavy atom. The molecule has 1 atom stereocenters. The van der Waals surface area contributed by atoms with Crippen molar-refractivity contribution >= 4 is 5.97 Å². The highest BCUT2D eigenvalue weighted by molar-refractivity contribution is 5.66. The first kappa shape index (κ1) is 12.9. The molecule has 4 heteroatoms. The monoisotopic (exact) mass is 200 g/mol. The maximum absolute atomic E-state index is 9.75. The van der Waals surface area contributed by atoms with Gasteiger partial charge in [0.2, 0.25) is 0 Å². The predicted molar refractivity (Wildman–Crippen MR) is 52.7 cm³/mol. The Morgan fingerprint density at radius 1 is 1.64 bits per heavy atom. The third-order valence-corrected chi connectivity index (χ3v) is 1.19. The van der Waals surface area contributed by atoms with Gasteiger partial charge in [0.15, 0.2) is 0 Å². The predicted octanol–water partition coefficient (Wildman–Crippen LogP) is 1.28. The molecule has 1 aliphatic rings. The van der Waals surface area contributed by atoms with E-state index in [4.69, 9.17) is 9.47 Å². The lowest BCUT2D eigenvalue weighted by atomic mass is 10.5. The van der Waals surface area contributed by atoms with Crippen molar-refractivity contribution in [3.8, 4) is 0 Å². The molecule has 1 rings (SSSR count). The Hall–Kier alpha value is -1.13. The molecule has 0 aromatic carbocycles. The fourth-order valence-corrected chi connectivity index (χ4v) is 0.564. The molecule has 0 radical (unpaired) electrons. The van der Waals surface area contributed by atoms with Crippen molar-refractivity contribution in [2.45, 2.75) is 13.0 Å². The fraction of sp³-hybridized carbons (Fsp3) is 0.500. The van der Waals surface area contributed by atoms with Crippen LogP contribution in [0, 0.1) is 0 Å². The molecular weight excluding hydrogens is 184 g/mol. The van der Waals surface area contributed by atoms with Gasteiger partial charge in [-0.2, -0.15) is 0 Å². The number of esters is 1. The highest BCUT2D eigenvalue weighted by Gasteiger charge is 2.21. The molecule has 0 N–H and O–H groups in total. The molecule has 4 nitrogen and oxygen atoms in total. The summed E-state index contributed by atoms with van der Waals surface area (Å²) < 4.78 is 14.1. The van der Waals surface area contributed by atoms with Gasteiger partial charge in [0, 0.05) is 6.92 Å². The van der Waals surface area contributed by atoms with Crippen LogP contribution in [-0.2, 0) is 19.0 Å². The first-order valence-corrected chi connectivity index (χ1v) is 4.29. The fourth-order valence-electron chi connectivity index (χ4n) is 0.564. The number of rotatable bonds is 5. The van der Waals surface area contributed by atoms with Crippen LogP contribution in [0.4, 0.5) is 0 Å². The van der Waals surface area contributed by atoms with E-state index in [1.54, 1.807) is 6.08 Å². The maximum atomic E-state index is 9.75. The zero-order chi connectivity index (χ0) is 10.8. The minimum absolute atomic E-state index is 0.329. The third kappa shape index (κ3) is 10.9. The molecule has 0 aromatic rings. The number of hydrogen-bond acceptors (Lipinski definition) is 4. The van der Waals surface area contributed by atoms with Crippen molar-refractivity contribution in [3.63, 3.8) is 0 Å². The normalized spacial score (nSPS) is 17.4. The molecule has 0 amide bonds. The molecule has 1 unspecified atom stereocenters. The van der Waals surface area contributed by atoms with E-state index in [0.717, 1.165) is 19.5 Å². The zero-order valence-electron chi connectivity index (χ0n) is 8.40. The minimum Gasteiger partial charge on any atom is -0.435 e. The van der Waals surface area contributed by atoms with Crippen LogP contribution in [0.15, 0.2) is 25.5 Å². The van der Waals surface area contributed by atoms with Crippen molar-refractivity contribution in [2.75, 3.05) is 19.8 Å². The van der Waals surface area contributed by atoms with Crippen LogP contribution in [0.5, 0.6) is 0 Å². The van der Waals surface area contributed by atoms with Gasteiger partial charge < -0.3 is 14.2 Å². The second-order valence-electron chi connectivity index (χ2n) is 2.56. The molecule has 0 aromatic heterocycles. The van der Waals surface area contributed by atoms with E-state index in [1.165, 1.54) is 6.92 Å². The Balaban J connectivity index is 0.000000255. The Bertz CT molecular complexity index is 185. The molecule has 0 aliphatic carbocycles. The number of carbonyl (C=O) groups is 1. The second-order valence-corrected chi connectivity index (χ2v) is 2.56. The largest absolute Gasteiger partial charge is 0.435 e. The van der Waals surface area contributed by atoms with E-state index >= 15 is 0 Å². The molecule has 0 spiro atoms. The van der Waals surface area contributed by atoms with Gasteiger partial charge in [0.1, 0.15) is 6.10 Å². The summed E-state index contributed by atoms with van der Waals surface area (Å²) in [7, 11) is 0.